The number of para-hydroxylation sites is 1. The monoisotopic (exact) mass is 398 g/mol. The molecule has 0 atom stereocenters. The van der Waals surface area contributed by atoms with Crippen LogP contribution in [-0.4, -0.2) is 48.4 Å². The van der Waals surface area contributed by atoms with Gasteiger partial charge in [0.25, 0.3) is 5.56 Å². The number of hydrogen-bond acceptors (Lipinski definition) is 7. The van der Waals surface area contributed by atoms with Crippen molar-refractivity contribution in [3.8, 4) is 17.2 Å². The van der Waals surface area contributed by atoms with Crippen molar-refractivity contribution in [1.29, 1.82) is 0 Å². The molecular formula is C19H22N6O4. The Morgan fingerprint density at radius 3 is 2.48 bits per heavy atom. The van der Waals surface area contributed by atoms with Crippen LogP contribution in [0.15, 0.2) is 44.4 Å². The number of amides is 1. The number of benzene rings is 1. The lowest BCUT2D eigenvalue weighted by Gasteiger charge is -2.17. The Labute approximate surface area is 166 Å². The van der Waals surface area contributed by atoms with Crippen LogP contribution in [0, 0.1) is 0 Å². The largest absolute Gasteiger partial charge is 0.351 e. The average Bonchev–Trinajstić information content (AvgIpc) is 3.21. The number of carbonyl (C=O) groups excluding carboxylic acids is 1. The van der Waals surface area contributed by atoms with Gasteiger partial charge in [0.2, 0.25) is 17.6 Å². The van der Waals surface area contributed by atoms with Gasteiger partial charge in [-0.3, -0.25) is 14.2 Å². The summed E-state index contributed by atoms with van der Waals surface area (Å²) >= 11 is 0. The van der Waals surface area contributed by atoms with Gasteiger partial charge in [0.1, 0.15) is 0 Å². The molecule has 0 unspecified atom stereocenters. The van der Waals surface area contributed by atoms with Crippen LogP contribution >= 0.6 is 0 Å². The first-order chi connectivity index (χ1) is 14.0. The van der Waals surface area contributed by atoms with Crippen molar-refractivity contribution in [3.05, 3.63) is 57.1 Å². The zero-order chi connectivity index (χ0) is 21.0. The van der Waals surface area contributed by atoms with Crippen LogP contribution in [0.5, 0.6) is 0 Å². The summed E-state index contributed by atoms with van der Waals surface area (Å²) in [5, 5.41) is 7.96. The summed E-state index contributed by atoms with van der Waals surface area (Å²) in [4.78, 5) is 43.0. The van der Waals surface area contributed by atoms with E-state index in [0.717, 1.165) is 9.25 Å². The highest BCUT2D eigenvalue weighted by Gasteiger charge is 2.19. The molecule has 0 spiro atoms. The van der Waals surface area contributed by atoms with Gasteiger partial charge in [-0.15, -0.1) is 0 Å². The third-order valence-electron chi connectivity index (χ3n) is 4.52. The summed E-state index contributed by atoms with van der Waals surface area (Å²) < 4.78 is 7.23. The number of aromatic nitrogens is 5. The number of rotatable bonds is 7. The molecule has 3 aromatic rings. The lowest BCUT2D eigenvalue weighted by atomic mass is 10.2. The minimum atomic E-state index is -0.631. The second kappa shape index (κ2) is 8.63. The SMILES string of the molecule is CCN(CC)C(=O)CCc1nc(-c2nn(-c3ccccc3)c(=O)n(C)c2=O)no1. The minimum absolute atomic E-state index is 0.0126. The molecule has 1 aromatic carbocycles. The molecule has 0 saturated carbocycles. The maximum atomic E-state index is 12.5. The van der Waals surface area contributed by atoms with Gasteiger partial charge in [0.05, 0.1) is 5.69 Å². The number of nitrogens with zero attached hydrogens (tertiary/aromatic N) is 6. The van der Waals surface area contributed by atoms with E-state index in [1.165, 1.54) is 7.05 Å². The molecule has 152 valence electrons. The van der Waals surface area contributed by atoms with Crippen LogP contribution in [0.2, 0.25) is 0 Å². The third kappa shape index (κ3) is 4.15. The van der Waals surface area contributed by atoms with E-state index in [1.807, 2.05) is 19.9 Å². The summed E-state index contributed by atoms with van der Waals surface area (Å²) in [6, 6.07) is 8.72. The summed E-state index contributed by atoms with van der Waals surface area (Å²) in [6.45, 7) is 5.08. The molecule has 0 fully saturated rings. The molecule has 3 rings (SSSR count). The fraction of sp³-hybridized carbons (Fsp3) is 0.368. The molecule has 2 heterocycles. The van der Waals surface area contributed by atoms with E-state index in [4.69, 9.17) is 4.52 Å². The average molecular weight is 398 g/mol. The van der Waals surface area contributed by atoms with Crippen LogP contribution in [0.3, 0.4) is 0 Å². The van der Waals surface area contributed by atoms with E-state index in [9.17, 15) is 14.4 Å². The predicted molar refractivity (Wildman–Crippen MR) is 105 cm³/mol. The Kier molecular flexibility index (Phi) is 6.01. The number of hydrogen-bond donors (Lipinski definition) is 0. The van der Waals surface area contributed by atoms with Crippen molar-refractivity contribution in [2.45, 2.75) is 26.7 Å². The molecular weight excluding hydrogens is 376 g/mol. The summed E-state index contributed by atoms with van der Waals surface area (Å²) in [6.07, 6.45) is 0.471. The molecule has 0 aliphatic rings. The van der Waals surface area contributed by atoms with E-state index in [1.54, 1.807) is 29.2 Å². The van der Waals surface area contributed by atoms with Crippen molar-refractivity contribution >= 4 is 5.91 Å². The highest BCUT2D eigenvalue weighted by Crippen LogP contribution is 2.11. The van der Waals surface area contributed by atoms with Gasteiger partial charge in [-0.25, -0.2) is 4.79 Å². The smallest absolute Gasteiger partial charge is 0.343 e. The molecule has 0 aliphatic heterocycles. The Hall–Kier alpha value is -3.56. The molecule has 10 heteroatoms. The lowest BCUT2D eigenvalue weighted by molar-refractivity contribution is -0.130. The van der Waals surface area contributed by atoms with Crippen LogP contribution in [0.4, 0.5) is 0 Å². The van der Waals surface area contributed by atoms with Gasteiger partial charge in [-0.2, -0.15) is 14.8 Å². The quantitative estimate of drug-likeness (QED) is 0.577. The van der Waals surface area contributed by atoms with Crippen molar-refractivity contribution < 1.29 is 9.32 Å². The lowest BCUT2D eigenvalue weighted by Crippen LogP contribution is -2.40. The summed E-state index contributed by atoms with van der Waals surface area (Å²) in [5.41, 5.74) is -0.823. The van der Waals surface area contributed by atoms with Gasteiger partial charge < -0.3 is 9.42 Å². The fourth-order valence-electron chi connectivity index (χ4n) is 2.85. The molecule has 1 amide bonds. The van der Waals surface area contributed by atoms with Crippen molar-refractivity contribution in [1.82, 2.24) is 29.4 Å². The second-order valence-corrected chi connectivity index (χ2v) is 6.32. The van der Waals surface area contributed by atoms with Gasteiger partial charge >= 0.3 is 5.69 Å². The Balaban J connectivity index is 1.90. The Morgan fingerprint density at radius 2 is 1.83 bits per heavy atom. The van der Waals surface area contributed by atoms with Gasteiger partial charge in [-0.05, 0) is 26.0 Å². The molecule has 10 nitrogen and oxygen atoms in total. The van der Waals surface area contributed by atoms with Gasteiger partial charge in [0.15, 0.2) is 5.69 Å². The van der Waals surface area contributed by atoms with Gasteiger partial charge in [-0.1, -0.05) is 23.4 Å². The van der Waals surface area contributed by atoms with Crippen LogP contribution in [0.25, 0.3) is 17.2 Å². The molecule has 0 aliphatic carbocycles. The second-order valence-electron chi connectivity index (χ2n) is 6.32. The molecule has 0 radical (unpaired) electrons. The third-order valence-corrected chi connectivity index (χ3v) is 4.52. The first-order valence-corrected chi connectivity index (χ1v) is 9.32. The van der Waals surface area contributed by atoms with Crippen molar-refractivity contribution in [2.24, 2.45) is 7.05 Å². The Bertz CT molecular complexity index is 1110. The molecule has 0 bridgehead atoms. The van der Waals surface area contributed by atoms with E-state index in [-0.39, 0.29) is 36.2 Å². The number of carbonyl (C=O) groups is 1. The molecule has 29 heavy (non-hydrogen) atoms. The van der Waals surface area contributed by atoms with E-state index < -0.39 is 11.2 Å². The minimum Gasteiger partial charge on any atom is -0.343 e. The topological polar surface area (TPSA) is 116 Å². The Morgan fingerprint density at radius 1 is 1.14 bits per heavy atom. The first kappa shape index (κ1) is 20.2. The van der Waals surface area contributed by atoms with Crippen molar-refractivity contribution in [3.63, 3.8) is 0 Å². The van der Waals surface area contributed by atoms with E-state index in [0.29, 0.717) is 18.8 Å². The maximum absolute atomic E-state index is 12.5. The summed E-state index contributed by atoms with van der Waals surface area (Å²) in [5.74, 6) is 0.184. The fourth-order valence-corrected chi connectivity index (χ4v) is 2.85. The molecule has 0 N–H and O–H groups in total. The van der Waals surface area contributed by atoms with E-state index in [2.05, 4.69) is 15.2 Å². The highest BCUT2D eigenvalue weighted by molar-refractivity contribution is 5.76. The van der Waals surface area contributed by atoms with E-state index >= 15 is 0 Å². The zero-order valence-electron chi connectivity index (χ0n) is 16.5. The van der Waals surface area contributed by atoms with Crippen LogP contribution in [0.1, 0.15) is 26.2 Å². The number of aryl methyl sites for hydroxylation is 1. The first-order valence-electron chi connectivity index (χ1n) is 9.32. The molecule has 0 saturated heterocycles. The van der Waals surface area contributed by atoms with Crippen LogP contribution < -0.4 is 11.2 Å². The molecule has 2 aromatic heterocycles. The zero-order valence-corrected chi connectivity index (χ0v) is 16.5. The summed E-state index contributed by atoms with van der Waals surface area (Å²) in [7, 11) is 1.36. The predicted octanol–water partition coefficient (Wildman–Crippen LogP) is 0.782. The highest BCUT2D eigenvalue weighted by atomic mass is 16.5. The van der Waals surface area contributed by atoms with Crippen molar-refractivity contribution in [2.75, 3.05) is 13.1 Å². The normalized spacial score (nSPS) is 10.9. The van der Waals surface area contributed by atoms with Crippen LogP contribution in [-0.2, 0) is 18.3 Å². The standard InChI is InChI=1S/C19H22N6O4/c1-4-24(5-2)15(26)12-11-14-20-17(22-29-14)16-18(27)23(3)19(28)25(21-16)13-9-7-6-8-10-13/h6-10H,4-5,11-12H2,1-3H3. The maximum Gasteiger partial charge on any atom is 0.351 e. The van der Waals surface area contributed by atoms with Gasteiger partial charge in [0, 0.05) is 33.0 Å².